The Bertz CT molecular complexity index is 471. The molecule has 0 atom stereocenters. The minimum Gasteiger partial charge on any atom is -0.493 e. The predicted octanol–water partition coefficient (Wildman–Crippen LogP) is 1.63. The zero-order valence-electron chi connectivity index (χ0n) is 11.3. The molecule has 1 heterocycles. The standard InChI is InChI=1S/C15H19FN2O2/c16-13-1-3-14(4-2-13)20-10-7-15(19)18-11-12-5-8-17-9-6-12/h1-5,17H,6-11H2,(H,18,19). The van der Waals surface area contributed by atoms with Gasteiger partial charge in [0.15, 0.2) is 0 Å². The maximum atomic E-state index is 12.7. The summed E-state index contributed by atoms with van der Waals surface area (Å²) in [4.78, 5) is 11.6. The van der Waals surface area contributed by atoms with E-state index in [1.54, 1.807) is 12.1 Å². The Morgan fingerprint density at radius 1 is 1.35 bits per heavy atom. The van der Waals surface area contributed by atoms with Gasteiger partial charge in [-0.25, -0.2) is 4.39 Å². The first-order chi connectivity index (χ1) is 9.74. The van der Waals surface area contributed by atoms with Crippen molar-refractivity contribution in [1.29, 1.82) is 0 Å². The second kappa shape index (κ2) is 7.65. The molecule has 0 radical (unpaired) electrons. The molecule has 4 nitrogen and oxygen atoms in total. The molecule has 1 aromatic carbocycles. The Kier molecular flexibility index (Phi) is 5.55. The molecule has 0 unspecified atom stereocenters. The first kappa shape index (κ1) is 14.5. The number of ether oxygens (including phenoxy) is 1. The van der Waals surface area contributed by atoms with E-state index < -0.39 is 0 Å². The van der Waals surface area contributed by atoms with E-state index in [0.717, 1.165) is 19.5 Å². The van der Waals surface area contributed by atoms with E-state index in [2.05, 4.69) is 16.7 Å². The Balaban J connectivity index is 1.62. The molecule has 5 heteroatoms. The first-order valence-corrected chi connectivity index (χ1v) is 6.78. The molecule has 0 spiro atoms. The van der Waals surface area contributed by atoms with E-state index >= 15 is 0 Å². The smallest absolute Gasteiger partial charge is 0.223 e. The summed E-state index contributed by atoms with van der Waals surface area (Å²) in [5.41, 5.74) is 1.26. The van der Waals surface area contributed by atoms with Crippen LogP contribution in [0.5, 0.6) is 5.75 Å². The van der Waals surface area contributed by atoms with E-state index in [4.69, 9.17) is 4.74 Å². The van der Waals surface area contributed by atoms with E-state index in [9.17, 15) is 9.18 Å². The molecule has 0 saturated heterocycles. The maximum absolute atomic E-state index is 12.7. The molecule has 20 heavy (non-hydrogen) atoms. The lowest BCUT2D eigenvalue weighted by Crippen LogP contribution is -2.30. The average molecular weight is 278 g/mol. The van der Waals surface area contributed by atoms with E-state index in [1.165, 1.54) is 17.7 Å². The number of carbonyl (C=O) groups is 1. The predicted molar refractivity (Wildman–Crippen MR) is 75.1 cm³/mol. The molecule has 0 saturated carbocycles. The molecule has 1 amide bonds. The van der Waals surface area contributed by atoms with Crippen LogP contribution in [0.4, 0.5) is 4.39 Å². The fourth-order valence-electron chi connectivity index (χ4n) is 1.92. The van der Waals surface area contributed by atoms with Crippen molar-refractivity contribution in [3.63, 3.8) is 0 Å². The van der Waals surface area contributed by atoms with Gasteiger partial charge in [-0.2, -0.15) is 0 Å². The summed E-state index contributed by atoms with van der Waals surface area (Å²) in [6, 6.07) is 5.76. The Hall–Kier alpha value is -1.88. The van der Waals surface area contributed by atoms with Crippen molar-refractivity contribution in [2.75, 3.05) is 26.2 Å². The number of rotatable bonds is 6. The summed E-state index contributed by atoms with van der Waals surface area (Å²) in [5, 5.41) is 6.10. The van der Waals surface area contributed by atoms with Crippen molar-refractivity contribution in [2.45, 2.75) is 12.8 Å². The molecule has 1 aromatic rings. The van der Waals surface area contributed by atoms with Crippen LogP contribution >= 0.6 is 0 Å². The minimum atomic E-state index is -0.301. The molecule has 0 bridgehead atoms. The fraction of sp³-hybridized carbons (Fsp3) is 0.400. The molecule has 2 rings (SSSR count). The maximum Gasteiger partial charge on any atom is 0.223 e. The molecule has 0 aliphatic carbocycles. The van der Waals surface area contributed by atoms with Crippen LogP contribution in [0.3, 0.4) is 0 Å². The van der Waals surface area contributed by atoms with Crippen molar-refractivity contribution in [1.82, 2.24) is 10.6 Å². The second-order valence-corrected chi connectivity index (χ2v) is 4.65. The van der Waals surface area contributed by atoms with Crippen molar-refractivity contribution in [3.05, 3.63) is 41.7 Å². The van der Waals surface area contributed by atoms with Gasteiger partial charge in [-0.1, -0.05) is 11.6 Å². The Labute approximate surface area is 118 Å². The van der Waals surface area contributed by atoms with Crippen molar-refractivity contribution in [3.8, 4) is 5.75 Å². The Morgan fingerprint density at radius 3 is 2.85 bits per heavy atom. The van der Waals surface area contributed by atoms with Crippen LogP contribution in [0.25, 0.3) is 0 Å². The summed E-state index contributed by atoms with van der Waals surface area (Å²) < 4.78 is 18.1. The van der Waals surface area contributed by atoms with Crippen molar-refractivity contribution < 1.29 is 13.9 Å². The van der Waals surface area contributed by atoms with Gasteiger partial charge in [0.2, 0.25) is 5.91 Å². The first-order valence-electron chi connectivity index (χ1n) is 6.78. The van der Waals surface area contributed by atoms with Gasteiger partial charge in [-0.15, -0.1) is 0 Å². The van der Waals surface area contributed by atoms with Gasteiger partial charge < -0.3 is 15.4 Å². The molecular formula is C15H19FN2O2. The summed E-state index contributed by atoms with van der Waals surface area (Å²) in [6.07, 6.45) is 3.38. The zero-order valence-corrected chi connectivity index (χ0v) is 11.3. The van der Waals surface area contributed by atoms with E-state index in [0.29, 0.717) is 18.7 Å². The molecule has 1 aliphatic heterocycles. The van der Waals surface area contributed by atoms with Crippen LogP contribution in [0.15, 0.2) is 35.9 Å². The Morgan fingerprint density at radius 2 is 2.15 bits per heavy atom. The van der Waals surface area contributed by atoms with Gasteiger partial charge in [-0.05, 0) is 37.2 Å². The van der Waals surface area contributed by atoms with Gasteiger partial charge in [0.25, 0.3) is 0 Å². The largest absolute Gasteiger partial charge is 0.493 e. The van der Waals surface area contributed by atoms with Crippen LogP contribution < -0.4 is 15.4 Å². The molecule has 1 aliphatic rings. The normalized spacial score (nSPS) is 14.6. The number of carbonyl (C=O) groups excluding carboxylic acids is 1. The lowest BCUT2D eigenvalue weighted by Gasteiger charge is -2.14. The minimum absolute atomic E-state index is 0.0356. The van der Waals surface area contributed by atoms with Crippen molar-refractivity contribution in [2.24, 2.45) is 0 Å². The van der Waals surface area contributed by atoms with Gasteiger partial charge >= 0.3 is 0 Å². The highest BCUT2D eigenvalue weighted by Crippen LogP contribution is 2.11. The topological polar surface area (TPSA) is 50.4 Å². The van der Waals surface area contributed by atoms with Crippen LogP contribution in [0, 0.1) is 5.82 Å². The van der Waals surface area contributed by atoms with Gasteiger partial charge in [0.05, 0.1) is 13.0 Å². The highest BCUT2D eigenvalue weighted by atomic mass is 19.1. The summed E-state index contributed by atoms with van der Waals surface area (Å²) >= 11 is 0. The molecule has 0 aromatic heterocycles. The number of hydrogen-bond acceptors (Lipinski definition) is 3. The number of benzene rings is 1. The van der Waals surface area contributed by atoms with Crippen LogP contribution in [0.2, 0.25) is 0 Å². The molecule has 108 valence electrons. The van der Waals surface area contributed by atoms with Crippen LogP contribution in [-0.2, 0) is 4.79 Å². The zero-order chi connectivity index (χ0) is 14.2. The lowest BCUT2D eigenvalue weighted by molar-refractivity contribution is -0.121. The summed E-state index contributed by atoms with van der Waals surface area (Å²) in [7, 11) is 0. The van der Waals surface area contributed by atoms with E-state index in [1.807, 2.05) is 0 Å². The third kappa shape index (κ3) is 5.01. The highest BCUT2D eigenvalue weighted by molar-refractivity contribution is 5.76. The third-order valence-corrected chi connectivity index (χ3v) is 3.08. The number of hydrogen-bond donors (Lipinski definition) is 2. The fourth-order valence-corrected chi connectivity index (χ4v) is 1.92. The number of halogens is 1. The monoisotopic (exact) mass is 278 g/mol. The molecule has 0 fully saturated rings. The SMILES string of the molecule is O=C(CCOc1ccc(F)cc1)NCC1=CCNCC1. The van der Waals surface area contributed by atoms with Gasteiger partial charge in [0.1, 0.15) is 11.6 Å². The quantitative estimate of drug-likeness (QED) is 0.778. The van der Waals surface area contributed by atoms with E-state index in [-0.39, 0.29) is 18.3 Å². The number of amides is 1. The lowest BCUT2D eigenvalue weighted by atomic mass is 10.1. The second-order valence-electron chi connectivity index (χ2n) is 4.65. The highest BCUT2D eigenvalue weighted by Gasteiger charge is 2.06. The van der Waals surface area contributed by atoms with Crippen molar-refractivity contribution >= 4 is 5.91 Å². The van der Waals surface area contributed by atoms with Gasteiger partial charge in [0, 0.05) is 13.1 Å². The molecule has 2 N–H and O–H groups in total. The average Bonchev–Trinajstić information content (AvgIpc) is 2.48. The third-order valence-electron chi connectivity index (χ3n) is 3.08. The van der Waals surface area contributed by atoms with Crippen LogP contribution in [0.1, 0.15) is 12.8 Å². The number of nitrogens with one attached hydrogen (secondary N) is 2. The van der Waals surface area contributed by atoms with Crippen LogP contribution in [-0.4, -0.2) is 32.1 Å². The summed E-state index contributed by atoms with van der Waals surface area (Å²) in [6.45, 7) is 2.74. The van der Waals surface area contributed by atoms with Gasteiger partial charge in [-0.3, -0.25) is 4.79 Å². The molecular weight excluding hydrogens is 259 g/mol. The summed E-state index contributed by atoms with van der Waals surface area (Å²) in [5.74, 6) is 0.233.